The highest BCUT2D eigenvalue weighted by molar-refractivity contribution is 9.10. The van der Waals surface area contributed by atoms with Crippen molar-refractivity contribution in [2.75, 3.05) is 0 Å². The molecule has 12 heavy (non-hydrogen) atoms. The first-order valence-electron chi connectivity index (χ1n) is 3.84. The maximum Gasteiger partial charge on any atom is 0.318 e. The van der Waals surface area contributed by atoms with Gasteiger partial charge in [-0.25, -0.2) is 4.79 Å². The molecule has 0 bridgehead atoms. The predicted molar refractivity (Wildman–Crippen MR) is 47.9 cm³/mol. The van der Waals surface area contributed by atoms with E-state index in [1.165, 1.54) is 0 Å². The van der Waals surface area contributed by atoms with Crippen molar-refractivity contribution in [3.8, 4) is 0 Å². The summed E-state index contributed by atoms with van der Waals surface area (Å²) in [5.41, 5.74) is 4.83. The van der Waals surface area contributed by atoms with Crippen LogP contribution in [0.2, 0.25) is 0 Å². The largest absolute Gasteiger partial charge is 0.351 e. The quantitative estimate of drug-likeness (QED) is 0.662. The predicted octanol–water partition coefficient (Wildman–Crippen LogP) is 0.889. The van der Waals surface area contributed by atoms with Gasteiger partial charge in [-0.05, 0) is 12.8 Å². The number of hydrogen-bond donors (Lipinski definition) is 2. The molecule has 0 spiro atoms. The van der Waals surface area contributed by atoms with Gasteiger partial charge in [0.2, 0.25) is 5.91 Å². The molecule has 1 aliphatic rings. The number of rotatable bonds is 1. The van der Waals surface area contributed by atoms with E-state index in [1.54, 1.807) is 0 Å². The highest BCUT2D eigenvalue weighted by Crippen LogP contribution is 2.37. The molecule has 0 aromatic carbocycles. The Morgan fingerprint density at radius 3 is 2.25 bits per heavy atom. The van der Waals surface area contributed by atoms with E-state index in [9.17, 15) is 9.59 Å². The van der Waals surface area contributed by atoms with Crippen molar-refractivity contribution in [3.63, 3.8) is 0 Å². The topological polar surface area (TPSA) is 72.2 Å². The first-order chi connectivity index (χ1) is 5.54. The summed E-state index contributed by atoms with van der Waals surface area (Å²) in [7, 11) is 0. The van der Waals surface area contributed by atoms with Crippen LogP contribution < -0.4 is 11.1 Å². The molecule has 1 fully saturated rings. The minimum atomic E-state index is -0.786. The Hall–Kier alpha value is -0.580. The van der Waals surface area contributed by atoms with Gasteiger partial charge in [0.1, 0.15) is 4.32 Å². The number of nitrogens with one attached hydrogen (secondary N) is 1. The second kappa shape index (κ2) is 3.43. The number of carbonyl (C=O) groups is 2. The van der Waals surface area contributed by atoms with Crippen molar-refractivity contribution in [2.24, 2.45) is 5.73 Å². The Morgan fingerprint density at radius 1 is 1.33 bits per heavy atom. The Labute approximate surface area is 79.0 Å². The lowest BCUT2D eigenvalue weighted by Gasteiger charge is -2.18. The van der Waals surface area contributed by atoms with Gasteiger partial charge in [0.15, 0.2) is 0 Å². The summed E-state index contributed by atoms with van der Waals surface area (Å²) in [4.78, 5) is 21.7. The number of halogens is 1. The summed E-state index contributed by atoms with van der Waals surface area (Å²) in [6.07, 6.45) is 3.56. The maximum atomic E-state index is 11.3. The van der Waals surface area contributed by atoms with Crippen LogP contribution in [0.25, 0.3) is 0 Å². The molecule has 0 unspecified atom stereocenters. The number of primary amides is 1. The van der Waals surface area contributed by atoms with Crippen LogP contribution in [0, 0.1) is 0 Å². The Bertz CT molecular complexity index is 211. The third kappa shape index (κ3) is 1.97. The zero-order valence-corrected chi connectivity index (χ0v) is 8.19. The minimum Gasteiger partial charge on any atom is -0.351 e. The first kappa shape index (κ1) is 9.51. The van der Waals surface area contributed by atoms with Crippen LogP contribution in [0.5, 0.6) is 0 Å². The van der Waals surface area contributed by atoms with Gasteiger partial charge >= 0.3 is 6.03 Å². The van der Waals surface area contributed by atoms with E-state index >= 15 is 0 Å². The molecule has 68 valence electrons. The molecule has 3 N–H and O–H groups in total. The highest BCUT2D eigenvalue weighted by Gasteiger charge is 2.38. The Morgan fingerprint density at radius 2 is 1.83 bits per heavy atom. The zero-order valence-electron chi connectivity index (χ0n) is 6.60. The highest BCUT2D eigenvalue weighted by atomic mass is 79.9. The molecular formula is C7H11BrN2O2. The van der Waals surface area contributed by atoms with E-state index in [4.69, 9.17) is 5.73 Å². The lowest BCUT2D eigenvalue weighted by Crippen LogP contribution is -2.45. The summed E-state index contributed by atoms with van der Waals surface area (Å²) >= 11 is 3.32. The smallest absolute Gasteiger partial charge is 0.318 e. The molecule has 0 saturated heterocycles. The van der Waals surface area contributed by atoms with Crippen LogP contribution in [0.15, 0.2) is 0 Å². The van der Waals surface area contributed by atoms with E-state index in [0.717, 1.165) is 25.7 Å². The molecule has 1 rings (SSSR count). The second-order valence-electron chi connectivity index (χ2n) is 2.99. The molecule has 0 atom stereocenters. The van der Waals surface area contributed by atoms with Gasteiger partial charge in [-0.1, -0.05) is 28.8 Å². The average molecular weight is 235 g/mol. The number of urea groups is 1. The lowest BCUT2D eigenvalue weighted by molar-refractivity contribution is -0.121. The lowest BCUT2D eigenvalue weighted by atomic mass is 10.1. The molecule has 4 nitrogen and oxygen atoms in total. The number of nitrogens with two attached hydrogens (primary N) is 1. The van der Waals surface area contributed by atoms with Gasteiger partial charge in [0, 0.05) is 0 Å². The molecule has 0 aromatic heterocycles. The summed E-state index contributed by atoms with van der Waals surface area (Å²) in [6.45, 7) is 0. The fourth-order valence-electron chi connectivity index (χ4n) is 1.39. The monoisotopic (exact) mass is 234 g/mol. The molecule has 0 radical (unpaired) electrons. The third-order valence-electron chi connectivity index (χ3n) is 2.04. The fourth-order valence-corrected chi connectivity index (χ4v) is 2.05. The van der Waals surface area contributed by atoms with Gasteiger partial charge < -0.3 is 5.73 Å². The number of amides is 3. The van der Waals surface area contributed by atoms with Crippen LogP contribution in [0.1, 0.15) is 25.7 Å². The summed E-state index contributed by atoms with van der Waals surface area (Å²) in [5, 5.41) is 2.08. The van der Waals surface area contributed by atoms with E-state index in [2.05, 4.69) is 21.2 Å². The number of hydrogen-bond acceptors (Lipinski definition) is 2. The van der Waals surface area contributed by atoms with Crippen LogP contribution in [-0.2, 0) is 4.79 Å². The van der Waals surface area contributed by atoms with E-state index < -0.39 is 10.4 Å². The van der Waals surface area contributed by atoms with Crippen LogP contribution in [0.3, 0.4) is 0 Å². The summed E-state index contributed by atoms with van der Waals surface area (Å²) in [6, 6.07) is -0.786. The molecule has 0 aromatic rings. The van der Waals surface area contributed by atoms with Gasteiger partial charge in [0.25, 0.3) is 0 Å². The van der Waals surface area contributed by atoms with Gasteiger partial charge in [-0.15, -0.1) is 0 Å². The molecule has 1 aliphatic carbocycles. The van der Waals surface area contributed by atoms with Crippen LogP contribution in [-0.4, -0.2) is 16.3 Å². The van der Waals surface area contributed by atoms with Crippen LogP contribution in [0.4, 0.5) is 4.79 Å². The molecule has 0 heterocycles. The molecule has 3 amide bonds. The van der Waals surface area contributed by atoms with Crippen molar-refractivity contribution in [1.82, 2.24) is 5.32 Å². The van der Waals surface area contributed by atoms with Crippen molar-refractivity contribution in [3.05, 3.63) is 0 Å². The maximum absolute atomic E-state index is 11.3. The number of alkyl halides is 1. The van der Waals surface area contributed by atoms with Crippen molar-refractivity contribution in [2.45, 2.75) is 30.0 Å². The Kier molecular flexibility index (Phi) is 2.72. The van der Waals surface area contributed by atoms with E-state index in [1.807, 2.05) is 0 Å². The minimum absolute atomic E-state index is 0.312. The normalized spacial score (nSPS) is 20.4. The van der Waals surface area contributed by atoms with Crippen molar-refractivity contribution >= 4 is 27.9 Å². The van der Waals surface area contributed by atoms with Gasteiger partial charge in [-0.2, -0.15) is 0 Å². The van der Waals surface area contributed by atoms with Crippen molar-refractivity contribution < 1.29 is 9.59 Å². The fraction of sp³-hybridized carbons (Fsp3) is 0.714. The Balaban J connectivity index is 2.56. The SMILES string of the molecule is NC(=O)NC(=O)C1(Br)CCCC1. The van der Waals surface area contributed by atoms with E-state index in [-0.39, 0.29) is 5.91 Å². The van der Waals surface area contributed by atoms with Crippen molar-refractivity contribution in [1.29, 1.82) is 0 Å². The molecule has 0 aliphatic heterocycles. The number of imide groups is 1. The average Bonchev–Trinajstić information content (AvgIpc) is 2.36. The molecule has 1 saturated carbocycles. The third-order valence-corrected chi connectivity index (χ3v) is 3.19. The zero-order chi connectivity index (χ0) is 9.19. The standard InChI is InChI=1S/C7H11BrN2O2/c8-7(3-1-2-4-7)5(11)10-6(9)12/h1-4H2,(H3,9,10,11,12). The second-order valence-corrected chi connectivity index (χ2v) is 4.51. The van der Waals surface area contributed by atoms with E-state index in [0.29, 0.717) is 0 Å². The van der Waals surface area contributed by atoms with Gasteiger partial charge in [0.05, 0.1) is 0 Å². The summed E-state index contributed by atoms with van der Waals surface area (Å²) < 4.78 is -0.554. The number of carbonyl (C=O) groups excluding carboxylic acids is 2. The van der Waals surface area contributed by atoms with Gasteiger partial charge in [-0.3, -0.25) is 10.1 Å². The van der Waals surface area contributed by atoms with Crippen LogP contribution >= 0.6 is 15.9 Å². The molecular weight excluding hydrogens is 224 g/mol. The molecule has 5 heteroatoms. The first-order valence-corrected chi connectivity index (χ1v) is 4.64. The summed E-state index contributed by atoms with van der Waals surface area (Å²) in [5.74, 6) is -0.312.